The van der Waals surface area contributed by atoms with E-state index in [1.165, 1.54) is 0 Å². The van der Waals surface area contributed by atoms with Gasteiger partial charge in [-0.25, -0.2) is 5.84 Å². The third kappa shape index (κ3) is 3.98. The van der Waals surface area contributed by atoms with Gasteiger partial charge >= 0.3 is 0 Å². The summed E-state index contributed by atoms with van der Waals surface area (Å²) >= 11 is 0. The van der Waals surface area contributed by atoms with Crippen molar-refractivity contribution in [3.05, 3.63) is 0 Å². The van der Waals surface area contributed by atoms with E-state index in [4.69, 9.17) is 5.84 Å². The summed E-state index contributed by atoms with van der Waals surface area (Å²) in [5, 5.41) is 2.63. The fraction of sp³-hybridized carbons (Fsp3) is 0.700. The van der Waals surface area contributed by atoms with Crippen LogP contribution >= 0.6 is 0 Å². The van der Waals surface area contributed by atoms with Gasteiger partial charge in [-0.2, -0.15) is 0 Å². The average molecular weight is 227 g/mol. The minimum atomic E-state index is -0.309. The van der Waals surface area contributed by atoms with Crippen molar-refractivity contribution in [2.45, 2.75) is 44.6 Å². The summed E-state index contributed by atoms with van der Waals surface area (Å²) in [7, 11) is 0. The molecule has 6 heteroatoms. The molecule has 16 heavy (non-hydrogen) atoms. The number of nitrogens with two attached hydrogens (primary N) is 1. The van der Waals surface area contributed by atoms with E-state index in [1.54, 1.807) is 0 Å². The molecule has 0 aromatic carbocycles. The minimum absolute atomic E-state index is 0.0546. The van der Waals surface area contributed by atoms with Gasteiger partial charge in [-0.3, -0.25) is 19.8 Å². The van der Waals surface area contributed by atoms with Crippen LogP contribution < -0.4 is 16.6 Å². The van der Waals surface area contributed by atoms with E-state index >= 15 is 0 Å². The highest BCUT2D eigenvalue weighted by molar-refractivity contribution is 5.91. The fourth-order valence-corrected chi connectivity index (χ4v) is 1.69. The Morgan fingerprint density at radius 1 is 1.38 bits per heavy atom. The van der Waals surface area contributed by atoms with Gasteiger partial charge in [0.15, 0.2) is 5.78 Å². The molecule has 1 heterocycles. The molecule has 90 valence electrons. The molecule has 1 saturated heterocycles. The molecule has 0 bridgehead atoms. The van der Waals surface area contributed by atoms with Crippen molar-refractivity contribution in [3.63, 3.8) is 0 Å². The van der Waals surface area contributed by atoms with Crippen molar-refractivity contribution in [1.29, 1.82) is 0 Å². The molecule has 0 aromatic rings. The molecule has 1 atom stereocenters. The van der Waals surface area contributed by atoms with Crippen LogP contribution in [-0.4, -0.2) is 23.6 Å². The van der Waals surface area contributed by atoms with Crippen LogP contribution in [0.4, 0.5) is 0 Å². The van der Waals surface area contributed by atoms with Crippen LogP contribution in [-0.2, 0) is 14.4 Å². The molecule has 4 N–H and O–H groups in total. The van der Waals surface area contributed by atoms with E-state index in [2.05, 4.69) is 5.32 Å². The summed E-state index contributed by atoms with van der Waals surface area (Å²) in [6, 6.07) is -0.309. The second-order valence-corrected chi connectivity index (χ2v) is 3.90. The normalized spacial score (nSPS) is 19.3. The average Bonchev–Trinajstić information content (AvgIpc) is 2.70. The third-order valence-corrected chi connectivity index (χ3v) is 2.62. The SMILES string of the molecule is NNC(=O)CCCCC(=O)[C@@H]1CCC(=O)N1. The van der Waals surface area contributed by atoms with E-state index in [1.807, 2.05) is 5.43 Å². The van der Waals surface area contributed by atoms with E-state index < -0.39 is 0 Å². The number of amides is 2. The Morgan fingerprint density at radius 2 is 2.06 bits per heavy atom. The lowest BCUT2D eigenvalue weighted by Crippen LogP contribution is -2.33. The predicted octanol–water partition coefficient (Wildman–Crippen LogP) is -0.616. The first kappa shape index (κ1) is 12.6. The molecule has 0 radical (unpaired) electrons. The van der Waals surface area contributed by atoms with Gasteiger partial charge < -0.3 is 5.32 Å². The number of hydrogen-bond acceptors (Lipinski definition) is 4. The number of rotatable bonds is 6. The highest BCUT2D eigenvalue weighted by Crippen LogP contribution is 2.11. The van der Waals surface area contributed by atoms with E-state index in [9.17, 15) is 14.4 Å². The Kier molecular flexibility index (Phi) is 4.91. The Hall–Kier alpha value is -1.43. The van der Waals surface area contributed by atoms with Gasteiger partial charge in [0.25, 0.3) is 0 Å². The Morgan fingerprint density at radius 3 is 2.62 bits per heavy atom. The Balaban J connectivity index is 2.11. The van der Waals surface area contributed by atoms with E-state index in [-0.39, 0.29) is 23.6 Å². The third-order valence-electron chi connectivity index (χ3n) is 2.62. The van der Waals surface area contributed by atoms with Crippen LogP contribution in [0.15, 0.2) is 0 Å². The smallest absolute Gasteiger partial charge is 0.233 e. The Labute approximate surface area is 93.9 Å². The topological polar surface area (TPSA) is 101 Å². The van der Waals surface area contributed by atoms with E-state index in [0.29, 0.717) is 38.5 Å². The lowest BCUT2D eigenvalue weighted by atomic mass is 10.0. The summed E-state index contributed by atoms with van der Waals surface area (Å²) < 4.78 is 0. The maximum absolute atomic E-state index is 11.6. The molecule has 0 unspecified atom stereocenters. The van der Waals surface area contributed by atoms with E-state index in [0.717, 1.165) is 0 Å². The first-order valence-corrected chi connectivity index (χ1v) is 5.45. The lowest BCUT2D eigenvalue weighted by molar-refractivity contribution is -0.124. The number of unbranched alkanes of at least 4 members (excludes halogenated alkanes) is 1. The van der Waals surface area contributed by atoms with Crippen LogP contribution in [0.2, 0.25) is 0 Å². The van der Waals surface area contributed by atoms with Crippen LogP contribution in [0, 0.1) is 0 Å². The number of hydrogen-bond donors (Lipinski definition) is 3. The summed E-state index contributed by atoms with van der Waals surface area (Å²) in [5.41, 5.74) is 2.03. The van der Waals surface area contributed by atoms with Gasteiger partial charge in [0, 0.05) is 19.3 Å². The van der Waals surface area contributed by atoms with Crippen LogP contribution in [0.1, 0.15) is 38.5 Å². The molecule has 1 aliphatic heterocycles. The maximum atomic E-state index is 11.6. The largest absolute Gasteiger partial charge is 0.346 e. The summed E-state index contributed by atoms with van der Waals surface area (Å²) in [6.45, 7) is 0. The number of Topliss-reactive ketones (excluding diaryl/α,β-unsaturated/α-hetero) is 1. The first-order valence-electron chi connectivity index (χ1n) is 5.45. The summed E-state index contributed by atoms with van der Waals surface area (Å²) in [4.78, 5) is 33.2. The van der Waals surface area contributed by atoms with Crippen LogP contribution in [0.5, 0.6) is 0 Å². The van der Waals surface area contributed by atoms with Crippen LogP contribution in [0.3, 0.4) is 0 Å². The van der Waals surface area contributed by atoms with Crippen molar-refractivity contribution in [2.75, 3.05) is 0 Å². The van der Waals surface area contributed by atoms with Gasteiger partial charge in [0.05, 0.1) is 6.04 Å². The first-order chi connectivity index (χ1) is 7.63. The molecule has 2 amide bonds. The fourth-order valence-electron chi connectivity index (χ4n) is 1.69. The second-order valence-electron chi connectivity index (χ2n) is 3.90. The minimum Gasteiger partial charge on any atom is -0.346 e. The standard InChI is InChI=1S/C10H17N3O3/c11-13-10(16)4-2-1-3-8(14)7-5-6-9(15)12-7/h7H,1-6,11H2,(H,12,15)(H,13,16)/t7-/m0/s1. The van der Waals surface area contributed by atoms with Crippen molar-refractivity contribution in [3.8, 4) is 0 Å². The van der Waals surface area contributed by atoms with Gasteiger partial charge in [-0.05, 0) is 19.3 Å². The van der Waals surface area contributed by atoms with Crippen molar-refractivity contribution in [2.24, 2.45) is 5.84 Å². The number of carbonyl (C=O) groups is 3. The zero-order valence-corrected chi connectivity index (χ0v) is 9.12. The van der Waals surface area contributed by atoms with Crippen molar-refractivity contribution < 1.29 is 14.4 Å². The highest BCUT2D eigenvalue weighted by atomic mass is 16.2. The summed E-state index contributed by atoms with van der Waals surface area (Å²) in [5.74, 6) is 4.69. The number of carbonyl (C=O) groups excluding carboxylic acids is 3. The molecule has 1 rings (SSSR count). The molecular formula is C10H17N3O3. The molecular weight excluding hydrogens is 210 g/mol. The number of ketones is 1. The lowest BCUT2D eigenvalue weighted by Gasteiger charge is -2.07. The van der Waals surface area contributed by atoms with Gasteiger partial charge in [0.2, 0.25) is 11.8 Å². The Bertz CT molecular complexity index is 291. The molecule has 0 aliphatic carbocycles. The van der Waals surface area contributed by atoms with Crippen molar-refractivity contribution in [1.82, 2.24) is 10.7 Å². The zero-order valence-electron chi connectivity index (χ0n) is 9.12. The van der Waals surface area contributed by atoms with Gasteiger partial charge in [-0.15, -0.1) is 0 Å². The molecule has 0 aromatic heterocycles. The summed E-state index contributed by atoms with van der Waals surface area (Å²) in [6.07, 6.45) is 3.06. The molecule has 1 fully saturated rings. The second kappa shape index (κ2) is 6.22. The molecule has 1 aliphatic rings. The zero-order chi connectivity index (χ0) is 12.0. The molecule has 0 spiro atoms. The number of nitrogens with one attached hydrogen (secondary N) is 2. The molecule has 0 saturated carbocycles. The van der Waals surface area contributed by atoms with Gasteiger partial charge in [-0.1, -0.05) is 0 Å². The monoisotopic (exact) mass is 227 g/mol. The predicted molar refractivity (Wildman–Crippen MR) is 57.0 cm³/mol. The van der Waals surface area contributed by atoms with Crippen LogP contribution in [0.25, 0.3) is 0 Å². The van der Waals surface area contributed by atoms with Gasteiger partial charge in [0.1, 0.15) is 0 Å². The highest BCUT2D eigenvalue weighted by Gasteiger charge is 2.26. The van der Waals surface area contributed by atoms with Crippen molar-refractivity contribution >= 4 is 17.6 Å². The number of hydrazine groups is 1. The maximum Gasteiger partial charge on any atom is 0.233 e. The quantitative estimate of drug-likeness (QED) is 0.244. The molecule has 6 nitrogen and oxygen atoms in total.